The molecular formula is C21H38N4O2. The van der Waals surface area contributed by atoms with E-state index < -0.39 is 0 Å². The lowest BCUT2D eigenvalue weighted by Crippen LogP contribution is -2.43. The van der Waals surface area contributed by atoms with Crippen molar-refractivity contribution in [3.63, 3.8) is 0 Å². The SMILES string of the molecule is CC.CNC(CC(C)C(=O)N1C[C@@H]2C(NC#N)[C@@H]2C1)C1CCCC(OC)C1. The number of hydrogen-bond acceptors (Lipinski definition) is 5. The van der Waals surface area contributed by atoms with Crippen molar-refractivity contribution >= 4 is 5.91 Å². The summed E-state index contributed by atoms with van der Waals surface area (Å²) in [6, 6.07) is 0.685. The van der Waals surface area contributed by atoms with Gasteiger partial charge in [-0.15, -0.1) is 0 Å². The molecule has 1 saturated heterocycles. The fourth-order valence-electron chi connectivity index (χ4n) is 5.09. The number of hydrogen-bond donors (Lipinski definition) is 2. The maximum Gasteiger partial charge on any atom is 0.225 e. The van der Waals surface area contributed by atoms with Gasteiger partial charge in [-0.3, -0.25) is 4.79 Å². The summed E-state index contributed by atoms with van der Waals surface area (Å²) in [4.78, 5) is 14.8. The highest BCUT2D eigenvalue weighted by atomic mass is 16.5. The Morgan fingerprint density at radius 3 is 2.52 bits per heavy atom. The Hall–Kier alpha value is -1.32. The van der Waals surface area contributed by atoms with Crippen LogP contribution in [-0.2, 0) is 9.53 Å². The molecule has 2 N–H and O–H groups in total. The lowest BCUT2D eigenvalue weighted by Gasteiger charge is -2.35. The van der Waals surface area contributed by atoms with Crippen LogP contribution in [0.3, 0.4) is 0 Å². The highest BCUT2D eigenvalue weighted by Gasteiger charge is 2.57. The van der Waals surface area contributed by atoms with Gasteiger partial charge in [0, 0.05) is 50.0 Å². The smallest absolute Gasteiger partial charge is 0.225 e. The van der Waals surface area contributed by atoms with E-state index in [4.69, 9.17) is 10.00 Å². The van der Waals surface area contributed by atoms with Crippen LogP contribution in [0.5, 0.6) is 0 Å². The van der Waals surface area contributed by atoms with Gasteiger partial charge in [0.2, 0.25) is 5.91 Å². The summed E-state index contributed by atoms with van der Waals surface area (Å²) in [6.45, 7) is 7.69. The Morgan fingerprint density at radius 2 is 1.96 bits per heavy atom. The highest BCUT2D eigenvalue weighted by Crippen LogP contribution is 2.45. The number of likely N-dealkylation sites (tertiary alicyclic amines) is 1. The van der Waals surface area contributed by atoms with E-state index in [0.717, 1.165) is 32.4 Å². The molecule has 0 aromatic rings. The molecule has 3 aliphatic rings. The number of nitrogens with one attached hydrogen (secondary N) is 2. The second-order valence-corrected chi connectivity index (χ2v) is 8.17. The molecule has 1 aliphatic heterocycles. The molecule has 1 amide bonds. The van der Waals surface area contributed by atoms with Crippen molar-refractivity contribution in [2.45, 2.75) is 71.1 Å². The normalized spacial score (nSPS) is 33.8. The third-order valence-electron chi connectivity index (χ3n) is 6.71. The zero-order chi connectivity index (χ0) is 20.0. The van der Waals surface area contributed by atoms with Crippen LogP contribution in [-0.4, -0.2) is 56.2 Å². The maximum atomic E-state index is 12.8. The minimum Gasteiger partial charge on any atom is -0.381 e. The Labute approximate surface area is 165 Å². The largest absolute Gasteiger partial charge is 0.381 e. The van der Waals surface area contributed by atoms with Crippen molar-refractivity contribution in [1.29, 1.82) is 5.26 Å². The number of amides is 1. The number of piperidine rings is 1. The van der Waals surface area contributed by atoms with E-state index in [9.17, 15) is 4.79 Å². The van der Waals surface area contributed by atoms with Gasteiger partial charge < -0.3 is 20.3 Å². The van der Waals surface area contributed by atoms with Gasteiger partial charge >= 0.3 is 0 Å². The highest BCUT2D eigenvalue weighted by molar-refractivity contribution is 5.79. The van der Waals surface area contributed by atoms with E-state index in [-0.39, 0.29) is 11.8 Å². The van der Waals surface area contributed by atoms with Gasteiger partial charge in [-0.2, -0.15) is 5.26 Å². The molecule has 0 aromatic heterocycles. The number of nitrogens with zero attached hydrogens (tertiary/aromatic N) is 2. The second kappa shape index (κ2) is 10.3. The van der Waals surface area contributed by atoms with E-state index in [1.165, 1.54) is 12.8 Å². The van der Waals surface area contributed by atoms with Crippen LogP contribution >= 0.6 is 0 Å². The van der Waals surface area contributed by atoms with Crippen molar-refractivity contribution in [1.82, 2.24) is 15.5 Å². The first-order chi connectivity index (χ1) is 13.1. The van der Waals surface area contributed by atoms with E-state index in [1.54, 1.807) is 7.11 Å². The van der Waals surface area contributed by atoms with Crippen molar-refractivity contribution in [3.05, 3.63) is 0 Å². The molecule has 1 heterocycles. The molecule has 154 valence electrons. The Bertz CT molecular complexity index is 509. The van der Waals surface area contributed by atoms with Gasteiger partial charge in [-0.05, 0) is 38.6 Å². The van der Waals surface area contributed by atoms with Gasteiger partial charge in [0.1, 0.15) is 0 Å². The van der Waals surface area contributed by atoms with Gasteiger partial charge in [0.25, 0.3) is 0 Å². The van der Waals surface area contributed by atoms with Crippen LogP contribution in [0.4, 0.5) is 0 Å². The van der Waals surface area contributed by atoms with Crippen LogP contribution in [0.15, 0.2) is 0 Å². The van der Waals surface area contributed by atoms with E-state index >= 15 is 0 Å². The number of fused-ring (bicyclic) bond motifs is 1. The van der Waals surface area contributed by atoms with Gasteiger partial charge in [-0.25, -0.2) is 0 Å². The lowest BCUT2D eigenvalue weighted by atomic mass is 9.79. The van der Waals surface area contributed by atoms with Crippen LogP contribution in [0.1, 0.15) is 52.9 Å². The predicted molar refractivity (Wildman–Crippen MR) is 107 cm³/mol. The first-order valence-electron chi connectivity index (χ1n) is 10.7. The Morgan fingerprint density at radius 1 is 1.30 bits per heavy atom. The molecule has 0 bridgehead atoms. The molecule has 0 radical (unpaired) electrons. The van der Waals surface area contributed by atoms with Crippen molar-refractivity contribution in [2.24, 2.45) is 23.7 Å². The average molecular weight is 379 g/mol. The van der Waals surface area contributed by atoms with Crippen LogP contribution in [0.25, 0.3) is 0 Å². The zero-order valence-corrected chi connectivity index (χ0v) is 17.7. The molecule has 6 nitrogen and oxygen atoms in total. The Kier molecular flexibility index (Phi) is 8.37. The van der Waals surface area contributed by atoms with Gasteiger partial charge in [0.05, 0.1) is 6.10 Å². The predicted octanol–water partition coefficient (Wildman–Crippen LogP) is 2.36. The summed E-state index contributed by atoms with van der Waals surface area (Å²) in [7, 11) is 3.82. The maximum absolute atomic E-state index is 12.8. The Balaban J connectivity index is 0.00000126. The molecule has 3 fully saturated rings. The topological polar surface area (TPSA) is 77.4 Å². The van der Waals surface area contributed by atoms with Crippen LogP contribution < -0.4 is 10.6 Å². The van der Waals surface area contributed by atoms with E-state index in [0.29, 0.717) is 35.9 Å². The minimum absolute atomic E-state index is 0.0419. The number of carbonyl (C=O) groups is 1. The number of methoxy groups -OCH3 is 1. The fraction of sp³-hybridized carbons (Fsp3) is 0.905. The first-order valence-corrected chi connectivity index (χ1v) is 10.7. The number of nitriles is 1. The van der Waals surface area contributed by atoms with Gasteiger partial charge in [0.15, 0.2) is 6.19 Å². The summed E-state index contributed by atoms with van der Waals surface area (Å²) in [6.07, 6.45) is 7.99. The molecule has 7 atom stereocenters. The standard InChI is InChI=1S/C19H32N4O2.C2H6/c1-12(7-17(21-2)13-5-4-6-14(8-13)25-3)19(24)23-9-15-16(10-23)18(15)22-11-20;1-2/h12-18,21-22H,4-10H2,1-3H3;1-2H3/t12?,13?,14?,15-,16+,17?,18?;. The molecular weight excluding hydrogens is 340 g/mol. The average Bonchev–Trinajstić information content (AvgIpc) is 3.15. The first kappa shape index (κ1) is 22.0. The van der Waals surface area contributed by atoms with Gasteiger partial charge in [-0.1, -0.05) is 27.2 Å². The summed E-state index contributed by atoms with van der Waals surface area (Å²) in [5, 5.41) is 15.0. The van der Waals surface area contributed by atoms with Crippen LogP contribution in [0.2, 0.25) is 0 Å². The van der Waals surface area contributed by atoms with Crippen molar-refractivity contribution in [3.8, 4) is 6.19 Å². The summed E-state index contributed by atoms with van der Waals surface area (Å²) >= 11 is 0. The third-order valence-corrected chi connectivity index (χ3v) is 6.71. The number of carbonyl (C=O) groups excluding carboxylic acids is 1. The fourth-order valence-corrected chi connectivity index (χ4v) is 5.09. The van der Waals surface area contributed by atoms with Crippen molar-refractivity contribution in [2.75, 3.05) is 27.2 Å². The zero-order valence-electron chi connectivity index (χ0n) is 17.7. The molecule has 0 aromatic carbocycles. The molecule has 0 spiro atoms. The summed E-state index contributed by atoms with van der Waals surface area (Å²) in [5.41, 5.74) is 0. The summed E-state index contributed by atoms with van der Waals surface area (Å²) < 4.78 is 5.56. The van der Waals surface area contributed by atoms with E-state index in [2.05, 4.69) is 17.6 Å². The molecule has 6 heteroatoms. The molecule has 2 aliphatic carbocycles. The van der Waals surface area contributed by atoms with Crippen molar-refractivity contribution < 1.29 is 9.53 Å². The molecule has 2 saturated carbocycles. The summed E-state index contributed by atoms with van der Waals surface area (Å²) in [5.74, 6) is 1.88. The molecule has 5 unspecified atom stereocenters. The monoisotopic (exact) mass is 378 g/mol. The minimum atomic E-state index is 0.0419. The third kappa shape index (κ3) is 5.14. The number of rotatable bonds is 7. The lowest BCUT2D eigenvalue weighted by molar-refractivity contribution is -0.135. The molecule has 27 heavy (non-hydrogen) atoms. The quantitative estimate of drug-likeness (QED) is 0.525. The number of ether oxygens (including phenoxy) is 1. The van der Waals surface area contributed by atoms with Crippen LogP contribution in [0, 0.1) is 35.1 Å². The molecule has 3 rings (SSSR count). The van der Waals surface area contributed by atoms with E-state index in [1.807, 2.05) is 32.0 Å². The second-order valence-electron chi connectivity index (χ2n) is 8.17.